The Labute approximate surface area is 120 Å². The smallest absolute Gasteiger partial charge is 0.0864 e. The van der Waals surface area contributed by atoms with Crippen molar-refractivity contribution in [2.75, 3.05) is 23.7 Å². The zero-order valence-electron chi connectivity index (χ0n) is 10.3. The molecule has 2 nitrogen and oxygen atoms in total. The third-order valence-electron chi connectivity index (χ3n) is 3.28. The fourth-order valence-electron chi connectivity index (χ4n) is 2.44. The van der Waals surface area contributed by atoms with Crippen LogP contribution in [0.25, 0.3) is 10.9 Å². The first kappa shape index (κ1) is 12.3. The van der Waals surface area contributed by atoms with E-state index in [9.17, 15) is 0 Å². The summed E-state index contributed by atoms with van der Waals surface area (Å²) in [5.74, 6) is 1.21. The molecule has 0 saturated carbocycles. The molecule has 0 aliphatic carbocycles. The Hall–Kier alpha value is -0.740. The lowest BCUT2D eigenvalue weighted by Gasteiger charge is -2.33. The minimum absolute atomic E-state index is 0.703. The molecular weight excluding hydrogens is 308 g/mol. The molecule has 18 heavy (non-hydrogen) atoms. The lowest BCUT2D eigenvalue weighted by molar-refractivity contribution is 0.785. The van der Waals surface area contributed by atoms with E-state index in [-0.39, 0.29) is 0 Å². The summed E-state index contributed by atoms with van der Waals surface area (Å²) in [5, 5.41) is 1.94. The van der Waals surface area contributed by atoms with Gasteiger partial charge in [-0.25, -0.2) is 0 Å². The molecule has 0 bridgehead atoms. The lowest BCUT2D eigenvalue weighted by Crippen LogP contribution is -2.36. The number of thioether (sulfide) groups is 1. The molecule has 1 unspecified atom stereocenters. The number of hydrogen-bond donors (Lipinski definition) is 0. The molecule has 1 saturated heterocycles. The van der Waals surface area contributed by atoms with Crippen molar-refractivity contribution in [2.45, 2.75) is 12.2 Å². The minimum atomic E-state index is 0.703. The fraction of sp³-hybridized carbons (Fsp3) is 0.357. The van der Waals surface area contributed by atoms with E-state index in [0.717, 1.165) is 23.1 Å². The monoisotopic (exact) mass is 322 g/mol. The molecule has 0 spiro atoms. The van der Waals surface area contributed by atoms with E-state index in [4.69, 9.17) is 0 Å². The first-order chi connectivity index (χ1) is 8.75. The van der Waals surface area contributed by atoms with E-state index in [0.29, 0.717) is 5.25 Å². The van der Waals surface area contributed by atoms with Gasteiger partial charge in [0.1, 0.15) is 0 Å². The van der Waals surface area contributed by atoms with Crippen LogP contribution in [0.1, 0.15) is 6.92 Å². The molecule has 94 valence electrons. The van der Waals surface area contributed by atoms with Crippen molar-refractivity contribution in [1.29, 1.82) is 0 Å². The van der Waals surface area contributed by atoms with E-state index in [1.54, 1.807) is 0 Å². The summed E-state index contributed by atoms with van der Waals surface area (Å²) in [6.45, 7) is 4.55. The molecule has 0 radical (unpaired) electrons. The standard InChI is InChI=1S/C14H15BrN2S/c1-10-9-17(7-8-18-10)13-5-6-16-14-11(13)3-2-4-12(14)15/h2-6,10H,7-9H2,1H3. The van der Waals surface area contributed by atoms with Gasteiger partial charge in [0.2, 0.25) is 0 Å². The maximum absolute atomic E-state index is 4.48. The average Bonchev–Trinajstić information content (AvgIpc) is 2.39. The molecule has 1 aromatic carbocycles. The normalized spacial score (nSPS) is 20.3. The van der Waals surface area contributed by atoms with Gasteiger partial charge in [0, 0.05) is 45.8 Å². The molecule has 2 aromatic rings. The number of rotatable bonds is 1. The van der Waals surface area contributed by atoms with Crippen LogP contribution in [-0.4, -0.2) is 29.1 Å². The van der Waals surface area contributed by atoms with Gasteiger partial charge < -0.3 is 4.90 Å². The Bertz CT molecular complexity index is 573. The van der Waals surface area contributed by atoms with E-state index in [1.807, 2.05) is 12.3 Å². The Morgan fingerprint density at radius 2 is 2.28 bits per heavy atom. The number of pyridine rings is 1. The third-order valence-corrected chi connectivity index (χ3v) is 5.06. The van der Waals surface area contributed by atoms with Crippen LogP contribution in [-0.2, 0) is 0 Å². The Morgan fingerprint density at radius 3 is 3.11 bits per heavy atom. The Morgan fingerprint density at radius 1 is 1.39 bits per heavy atom. The number of para-hydroxylation sites is 1. The van der Waals surface area contributed by atoms with E-state index in [1.165, 1.54) is 16.8 Å². The number of aromatic nitrogens is 1. The third kappa shape index (κ3) is 2.24. The molecule has 0 amide bonds. The van der Waals surface area contributed by atoms with Gasteiger partial charge in [-0.3, -0.25) is 4.98 Å². The maximum Gasteiger partial charge on any atom is 0.0864 e. The molecule has 1 aliphatic rings. The van der Waals surface area contributed by atoms with Crippen LogP contribution < -0.4 is 4.90 Å². The first-order valence-corrected chi connectivity index (χ1v) is 7.99. The molecule has 1 aliphatic heterocycles. The zero-order valence-corrected chi connectivity index (χ0v) is 12.7. The van der Waals surface area contributed by atoms with Crippen LogP contribution >= 0.6 is 27.7 Å². The van der Waals surface area contributed by atoms with Gasteiger partial charge in [-0.15, -0.1) is 0 Å². The van der Waals surface area contributed by atoms with Gasteiger partial charge in [0.25, 0.3) is 0 Å². The number of hydrogen-bond acceptors (Lipinski definition) is 3. The summed E-state index contributed by atoms with van der Waals surface area (Å²) >= 11 is 5.64. The number of anilines is 1. The highest BCUT2D eigenvalue weighted by Gasteiger charge is 2.19. The maximum atomic E-state index is 4.48. The van der Waals surface area contributed by atoms with Gasteiger partial charge in [-0.1, -0.05) is 19.1 Å². The van der Waals surface area contributed by atoms with Gasteiger partial charge in [-0.2, -0.15) is 11.8 Å². The van der Waals surface area contributed by atoms with Crippen molar-refractivity contribution in [1.82, 2.24) is 4.98 Å². The Kier molecular flexibility index (Phi) is 3.48. The second-order valence-electron chi connectivity index (χ2n) is 4.59. The molecular formula is C14H15BrN2S. The quantitative estimate of drug-likeness (QED) is 0.791. The molecule has 0 N–H and O–H groups in total. The van der Waals surface area contributed by atoms with Crippen molar-refractivity contribution in [3.63, 3.8) is 0 Å². The second kappa shape index (κ2) is 5.10. The van der Waals surface area contributed by atoms with E-state index in [2.05, 4.69) is 62.7 Å². The number of halogens is 1. The van der Waals surface area contributed by atoms with Crippen molar-refractivity contribution in [3.8, 4) is 0 Å². The SMILES string of the molecule is CC1CN(c2ccnc3c(Br)cccc23)CCS1. The molecule has 2 heterocycles. The predicted molar refractivity (Wildman–Crippen MR) is 83.6 cm³/mol. The van der Waals surface area contributed by atoms with E-state index >= 15 is 0 Å². The van der Waals surface area contributed by atoms with Crippen LogP contribution in [0.3, 0.4) is 0 Å². The first-order valence-electron chi connectivity index (χ1n) is 6.15. The van der Waals surface area contributed by atoms with Gasteiger partial charge >= 0.3 is 0 Å². The Balaban J connectivity index is 2.09. The highest BCUT2D eigenvalue weighted by molar-refractivity contribution is 9.10. The highest BCUT2D eigenvalue weighted by Crippen LogP contribution is 2.32. The van der Waals surface area contributed by atoms with Crippen molar-refractivity contribution < 1.29 is 0 Å². The zero-order chi connectivity index (χ0) is 12.5. The number of fused-ring (bicyclic) bond motifs is 1. The molecule has 1 fully saturated rings. The van der Waals surface area contributed by atoms with Crippen LogP contribution in [0.2, 0.25) is 0 Å². The van der Waals surface area contributed by atoms with Gasteiger partial charge in [-0.05, 0) is 28.1 Å². The topological polar surface area (TPSA) is 16.1 Å². The molecule has 1 atom stereocenters. The van der Waals surface area contributed by atoms with E-state index < -0.39 is 0 Å². The average molecular weight is 323 g/mol. The van der Waals surface area contributed by atoms with Gasteiger partial charge in [0.15, 0.2) is 0 Å². The summed E-state index contributed by atoms with van der Waals surface area (Å²) in [6.07, 6.45) is 1.91. The van der Waals surface area contributed by atoms with Gasteiger partial charge in [0.05, 0.1) is 5.52 Å². The largest absolute Gasteiger partial charge is 0.369 e. The second-order valence-corrected chi connectivity index (χ2v) is 6.99. The summed E-state index contributed by atoms with van der Waals surface area (Å²) in [4.78, 5) is 6.96. The summed E-state index contributed by atoms with van der Waals surface area (Å²) in [5.41, 5.74) is 2.37. The number of nitrogens with zero attached hydrogens (tertiary/aromatic N) is 2. The van der Waals surface area contributed by atoms with Crippen molar-refractivity contribution in [3.05, 3.63) is 34.9 Å². The van der Waals surface area contributed by atoms with Crippen LogP contribution in [0.5, 0.6) is 0 Å². The van der Waals surface area contributed by atoms with Crippen molar-refractivity contribution in [2.24, 2.45) is 0 Å². The fourth-order valence-corrected chi connectivity index (χ4v) is 3.92. The highest BCUT2D eigenvalue weighted by atomic mass is 79.9. The summed E-state index contributed by atoms with van der Waals surface area (Å²) < 4.78 is 1.07. The minimum Gasteiger partial charge on any atom is -0.369 e. The number of benzene rings is 1. The van der Waals surface area contributed by atoms with Crippen LogP contribution in [0.4, 0.5) is 5.69 Å². The summed E-state index contributed by atoms with van der Waals surface area (Å²) in [7, 11) is 0. The molecule has 1 aromatic heterocycles. The molecule has 4 heteroatoms. The molecule has 3 rings (SSSR count). The lowest BCUT2D eigenvalue weighted by atomic mass is 10.1. The van der Waals surface area contributed by atoms with Crippen molar-refractivity contribution >= 4 is 44.3 Å². The summed E-state index contributed by atoms with van der Waals surface area (Å²) in [6, 6.07) is 8.43. The predicted octanol–water partition coefficient (Wildman–Crippen LogP) is 3.94. The van der Waals surface area contributed by atoms with Crippen LogP contribution in [0, 0.1) is 0 Å². The van der Waals surface area contributed by atoms with Crippen LogP contribution in [0.15, 0.2) is 34.9 Å².